The molecule has 0 aliphatic carbocycles. The molecule has 0 radical (unpaired) electrons. The van der Waals surface area contributed by atoms with E-state index in [1.807, 2.05) is 53.3 Å². The Hall–Kier alpha value is -3.70. The summed E-state index contributed by atoms with van der Waals surface area (Å²) in [5, 5.41) is 4.72. The molecule has 168 valence electrons. The van der Waals surface area contributed by atoms with Crippen molar-refractivity contribution in [3.05, 3.63) is 78.3 Å². The van der Waals surface area contributed by atoms with Gasteiger partial charge in [0.1, 0.15) is 5.69 Å². The summed E-state index contributed by atoms with van der Waals surface area (Å²) >= 11 is 0. The molecule has 7 nitrogen and oxygen atoms in total. The Balaban J connectivity index is 1.61. The number of rotatable bonds is 7. The number of carbonyl (C=O) groups is 1. The van der Waals surface area contributed by atoms with Crippen molar-refractivity contribution in [1.82, 2.24) is 19.7 Å². The highest BCUT2D eigenvalue weighted by molar-refractivity contribution is 7.91. The van der Waals surface area contributed by atoms with Crippen molar-refractivity contribution in [3.8, 4) is 23.6 Å². The lowest BCUT2D eigenvalue weighted by Gasteiger charge is -2.24. The van der Waals surface area contributed by atoms with Gasteiger partial charge in [0, 0.05) is 41.8 Å². The Bertz CT molecular complexity index is 1290. The molecule has 0 saturated carbocycles. The van der Waals surface area contributed by atoms with Gasteiger partial charge in [-0.3, -0.25) is 14.5 Å². The molecule has 0 bridgehead atoms. The van der Waals surface area contributed by atoms with Crippen LogP contribution in [0.5, 0.6) is 0 Å². The lowest BCUT2D eigenvalue weighted by molar-refractivity contribution is -0.127. The minimum absolute atomic E-state index is 0.0514. The standard InChI is InChI=1S/C25H24N4O3S/c1-2-14-29(23-12-15-33(31,32)19-23)24(30)11-10-22-18-28(17-20-7-4-3-5-8-20)27-25(22)21-9-6-13-26-16-21/h1,3-11,13,16,18,23H,12,14-15,17,19H2/b11-10+/t23-/m0/s1. The zero-order valence-corrected chi connectivity index (χ0v) is 18.9. The van der Waals surface area contributed by atoms with Crippen molar-refractivity contribution in [2.45, 2.75) is 19.0 Å². The van der Waals surface area contributed by atoms with Crippen LogP contribution in [0.4, 0.5) is 0 Å². The summed E-state index contributed by atoms with van der Waals surface area (Å²) in [6, 6.07) is 13.3. The molecular formula is C25H24N4O3S. The number of pyridine rings is 1. The number of terminal acetylenes is 1. The third-order valence-corrected chi connectivity index (χ3v) is 7.26. The fourth-order valence-electron chi connectivity index (χ4n) is 3.90. The normalized spacial score (nSPS) is 17.1. The van der Waals surface area contributed by atoms with Gasteiger partial charge in [-0.25, -0.2) is 8.42 Å². The van der Waals surface area contributed by atoms with Gasteiger partial charge in [-0.2, -0.15) is 5.10 Å². The van der Waals surface area contributed by atoms with Gasteiger partial charge in [0.05, 0.1) is 24.6 Å². The predicted molar refractivity (Wildman–Crippen MR) is 128 cm³/mol. The topological polar surface area (TPSA) is 85.2 Å². The molecule has 1 atom stereocenters. The number of nitrogens with zero attached hydrogens (tertiary/aromatic N) is 4. The van der Waals surface area contributed by atoms with Gasteiger partial charge < -0.3 is 4.90 Å². The fourth-order valence-corrected chi connectivity index (χ4v) is 5.63. The molecule has 8 heteroatoms. The van der Waals surface area contributed by atoms with E-state index in [-0.39, 0.29) is 24.0 Å². The van der Waals surface area contributed by atoms with Crippen LogP contribution in [-0.4, -0.2) is 58.1 Å². The van der Waals surface area contributed by atoms with Crippen molar-refractivity contribution in [1.29, 1.82) is 0 Å². The summed E-state index contributed by atoms with van der Waals surface area (Å²) in [5.74, 6) is 2.18. The number of hydrogen-bond acceptors (Lipinski definition) is 5. The molecule has 0 spiro atoms. The Morgan fingerprint density at radius 3 is 2.73 bits per heavy atom. The fraction of sp³-hybridized carbons (Fsp3) is 0.240. The summed E-state index contributed by atoms with van der Waals surface area (Å²) in [6.45, 7) is 0.644. The van der Waals surface area contributed by atoms with Crippen molar-refractivity contribution in [2.24, 2.45) is 0 Å². The summed E-state index contributed by atoms with van der Waals surface area (Å²) in [4.78, 5) is 18.6. The molecule has 1 amide bonds. The first-order valence-corrected chi connectivity index (χ1v) is 12.4. The summed E-state index contributed by atoms with van der Waals surface area (Å²) in [6.07, 6.45) is 14.3. The summed E-state index contributed by atoms with van der Waals surface area (Å²) in [5.41, 5.74) is 3.40. The van der Waals surface area contributed by atoms with Crippen LogP contribution >= 0.6 is 0 Å². The van der Waals surface area contributed by atoms with E-state index >= 15 is 0 Å². The van der Waals surface area contributed by atoms with Crippen molar-refractivity contribution in [3.63, 3.8) is 0 Å². The average molecular weight is 461 g/mol. The first-order valence-electron chi connectivity index (χ1n) is 10.6. The molecular weight excluding hydrogens is 436 g/mol. The van der Waals surface area contributed by atoms with Crippen molar-refractivity contribution < 1.29 is 13.2 Å². The lowest BCUT2D eigenvalue weighted by atomic mass is 10.1. The molecule has 4 rings (SSSR count). The quantitative estimate of drug-likeness (QED) is 0.400. The van der Waals surface area contributed by atoms with E-state index in [2.05, 4.69) is 10.9 Å². The average Bonchev–Trinajstić information content (AvgIpc) is 3.39. The molecule has 33 heavy (non-hydrogen) atoms. The number of amides is 1. The second kappa shape index (κ2) is 9.84. The summed E-state index contributed by atoms with van der Waals surface area (Å²) in [7, 11) is -3.14. The second-order valence-electron chi connectivity index (χ2n) is 7.92. The largest absolute Gasteiger partial charge is 0.324 e. The van der Waals surface area contributed by atoms with Crippen LogP contribution in [0.2, 0.25) is 0 Å². The molecule has 0 unspecified atom stereocenters. The van der Waals surface area contributed by atoms with Gasteiger partial charge in [-0.15, -0.1) is 6.42 Å². The van der Waals surface area contributed by atoms with E-state index in [0.29, 0.717) is 18.7 Å². The van der Waals surface area contributed by atoms with Crippen LogP contribution in [0, 0.1) is 12.3 Å². The van der Waals surface area contributed by atoms with Gasteiger partial charge >= 0.3 is 0 Å². The Morgan fingerprint density at radius 2 is 2.06 bits per heavy atom. The maximum Gasteiger partial charge on any atom is 0.247 e. The van der Waals surface area contributed by atoms with Gasteiger partial charge in [0.15, 0.2) is 9.84 Å². The van der Waals surface area contributed by atoms with Crippen molar-refractivity contribution in [2.75, 3.05) is 18.1 Å². The smallest absolute Gasteiger partial charge is 0.247 e. The van der Waals surface area contributed by atoms with Crippen molar-refractivity contribution >= 4 is 21.8 Å². The highest BCUT2D eigenvalue weighted by atomic mass is 32.2. The van der Waals surface area contributed by atoms with E-state index in [9.17, 15) is 13.2 Å². The number of benzene rings is 1. The van der Waals surface area contributed by atoms with Gasteiger partial charge in [0.25, 0.3) is 0 Å². The molecule has 1 saturated heterocycles. The summed E-state index contributed by atoms with van der Waals surface area (Å²) < 4.78 is 25.6. The van der Waals surface area contributed by atoms with E-state index in [1.165, 1.54) is 11.0 Å². The molecule has 2 aromatic heterocycles. The molecule has 3 aromatic rings. The first kappa shape index (κ1) is 22.5. The highest BCUT2D eigenvalue weighted by Crippen LogP contribution is 2.24. The minimum atomic E-state index is -3.14. The van der Waals surface area contributed by atoms with E-state index in [0.717, 1.165) is 16.7 Å². The van der Waals surface area contributed by atoms with Crippen LogP contribution in [0.3, 0.4) is 0 Å². The Labute approximate surface area is 193 Å². The van der Waals surface area contributed by atoms with Crippen LogP contribution in [-0.2, 0) is 21.2 Å². The van der Waals surface area contributed by atoms with E-state index < -0.39 is 15.9 Å². The molecule has 1 fully saturated rings. The maximum atomic E-state index is 13.0. The zero-order chi connectivity index (χ0) is 23.3. The molecule has 3 heterocycles. The zero-order valence-electron chi connectivity index (χ0n) is 18.0. The van der Waals surface area contributed by atoms with Crippen LogP contribution in [0.15, 0.2) is 67.1 Å². The van der Waals surface area contributed by atoms with E-state index in [4.69, 9.17) is 11.5 Å². The maximum absolute atomic E-state index is 13.0. The number of carbonyl (C=O) groups excluding carboxylic acids is 1. The van der Waals surface area contributed by atoms with Gasteiger partial charge in [0.2, 0.25) is 5.91 Å². The monoisotopic (exact) mass is 460 g/mol. The third-order valence-electron chi connectivity index (χ3n) is 5.51. The number of sulfone groups is 1. The van der Waals surface area contributed by atoms with Crippen LogP contribution in [0.25, 0.3) is 17.3 Å². The first-order chi connectivity index (χ1) is 15.9. The Morgan fingerprint density at radius 1 is 1.24 bits per heavy atom. The second-order valence-corrected chi connectivity index (χ2v) is 10.1. The predicted octanol–water partition coefficient (Wildman–Crippen LogP) is 2.66. The SMILES string of the molecule is C#CCN(C(=O)/C=C/c1cn(Cc2ccccc2)nc1-c1cccnc1)[C@H]1CCS(=O)(=O)C1. The van der Waals surface area contributed by atoms with Crippen LogP contribution < -0.4 is 0 Å². The molecule has 0 N–H and O–H groups in total. The van der Waals surface area contributed by atoms with Crippen LogP contribution in [0.1, 0.15) is 17.5 Å². The van der Waals surface area contributed by atoms with E-state index in [1.54, 1.807) is 18.5 Å². The highest BCUT2D eigenvalue weighted by Gasteiger charge is 2.33. The minimum Gasteiger partial charge on any atom is -0.324 e. The molecule has 1 aliphatic rings. The number of aromatic nitrogens is 3. The molecule has 1 aliphatic heterocycles. The lowest BCUT2D eigenvalue weighted by Crippen LogP contribution is -2.40. The number of hydrogen-bond donors (Lipinski definition) is 0. The molecule has 1 aromatic carbocycles. The third kappa shape index (κ3) is 5.57. The van der Waals surface area contributed by atoms with Gasteiger partial charge in [-0.05, 0) is 30.2 Å². The Kier molecular flexibility index (Phi) is 6.71. The van der Waals surface area contributed by atoms with Gasteiger partial charge in [-0.1, -0.05) is 36.3 Å².